The Kier molecular flexibility index (Phi) is 7.65. The zero-order valence-corrected chi connectivity index (χ0v) is 18.1. The Labute approximate surface area is 183 Å². The number of benzene rings is 2. The molecule has 3 amide bonds. The molecule has 0 spiro atoms. The summed E-state index contributed by atoms with van der Waals surface area (Å²) in [5.74, 6) is -0.404. The van der Waals surface area contributed by atoms with Gasteiger partial charge in [0.25, 0.3) is 11.8 Å². The molecule has 2 aromatic carbocycles. The summed E-state index contributed by atoms with van der Waals surface area (Å²) in [5, 5.41) is 8.94. The predicted octanol–water partition coefficient (Wildman–Crippen LogP) is 3.50. The third-order valence-corrected chi connectivity index (χ3v) is 5.34. The molecule has 0 radical (unpaired) electrons. The molecule has 0 bridgehead atoms. The zero-order chi connectivity index (χ0) is 22.2. The van der Waals surface area contributed by atoms with Gasteiger partial charge in [0.2, 0.25) is 5.91 Å². The standard InChI is InChI=1S/C24H30N4O3/c1-28(2)24(31)18-7-6-10-21(15-18)26-22(29)16-25-19-13-11-17(12-14-19)23(30)27-20-8-4-3-5-9-20/h6-7,10-15,20,25H,3-5,8-9,16H2,1-2H3,(H,26,29)(H,27,30). The molecular formula is C24H30N4O3. The lowest BCUT2D eigenvalue weighted by Crippen LogP contribution is -2.36. The van der Waals surface area contributed by atoms with E-state index in [4.69, 9.17) is 0 Å². The third-order valence-electron chi connectivity index (χ3n) is 5.34. The number of nitrogens with zero attached hydrogens (tertiary/aromatic N) is 1. The van der Waals surface area contributed by atoms with E-state index in [0.717, 1.165) is 18.5 Å². The summed E-state index contributed by atoms with van der Waals surface area (Å²) in [7, 11) is 3.37. The molecule has 7 heteroatoms. The first kappa shape index (κ1) is 22.3. The molecule has 0 aliphatic heterocycles. The number of carbonyl (C=O) groups excluding carboxylic acids is 3. The molecule has 1 aliphatic rings. The summed E-state index contributed by atoms with van der Waals surface area (Å²) >= 11 is 0. The Morgan fingerprint density at radius 1 is 0.903 bits per heavy atom. The summed E-state index contributed by atoms with van der Waals surface area (Å²) < 4.78 is 0. The average Bonchev–Trinajstić information content (AvgIpc) is 2.78. The SMILES string of the molecule is CN(C)C(=O)c1cccc(NC(=O)CNc2ccc(C(=O)NC3CCCCC3)cc2)c1. The molecule has 164 valence electrons. The lowest BCUT2D eigenvalue weighted by Gasteiger charge is -2.22. The van der Waals surface area contributed by atoms with Crippen LogP contribution in [0.3, 0.4) is 0 Å². The molecule has 0 heterocycles. The topological polar surface area (TPSA) is 90.5 Å². The Hall–Kier alpha value is -3.35. The number of carbonyl (C=O) groups is 3. The van der Waals surface area contributed by atoms with Gasteiger partial charge in [-0.15, -0.1) is 0 Å². The van der Waals surface area contributed by atoms with Gasteiger partial charge in [-0.2, -0.15) is 0 Å². The van der Waals surface area contributed by atoms with E-state index in [1.54, 1.807) is 62.6 Å². The molecule has 2 aromatic rings. The maximum Gasteiger partial charge on any atom is 0.253 e. The molecule has 3 rings (SSSR count). The van der Waals surface area contributed by atoms with E-state index in [1.807, 2.05) is 0 Å². The molecule has 1 fully saturated rings. The van der Waals surface area contributed by atoms with Crippen LogP contribution in [0.4, 0.5) is 11.4 Å². The van der Waals surface area contributed by atoms with Gasteiger partial charge in [-0.3, -0.25) is 14.4 Å². The number of nitrogens with one attached hydrogen (secondary N) is 3. The molecule has 0 aromatic heterocycles. The average molecular weight is 423 g/mol. The van der Waals surface area contributed by atoms with Gasteiger partial charge in [-0.05, 0) is 55.3 Å². The smallest absolute Gasteiger partial charge is 0.253 e. The minimum atomic E-state index is -0.228. The second-order valence-electron chi connectivity index (χ2n) is 8.07. The van der Waals surface area contributed by atoms with Crippen LogP contribution < -0.4 is 16.0 Å². The van der Waals surface area contributed by atoms with E-state index in [0.29, 0.717) is 16.8 Å². The van der Waals surface area contributed by atoms with Crippen LogP contribution in [-0.2, 0) is 4.79 Å². The highest BCUT2D eigenvalue weighted by Crippen LogP contribution is 2.18. The number of amides is 3. The molecule has 0 atom stereocenters. The van der Waals surface area contributed by atoms with Crippen LogP contribution in [-0.4, -0.2) is 49.3 Å². The van der Waals surface area contributed by atoms with Crippen molar-refractivity contribution in [2.45, 2.75) is 38.1 Å². The first-order chi connectivity index (χ1) is 14.9. The van der Waals surface area contributed by atoms with Gasteiger partial charge in [-0.1, -0.05) is 25.3 Å². The molecule has 0 unspecified atom stereocenters. The molecular weight excluding hydrogens is 392 g/mol. The fourth-order valence-corrected chi connectivity index (χ4v) is 3.63. The second kappa shape index (κ2) is 10.6. The first-order valence-electron chi connectivity index (χ1n) is 10.7. The fraction of sp³-hybridized carbons (Fsp3) is 0.375. The van der Waals surface area contributed by atoms with Crippen molar-refractivity contribution in [2.75, 3.05) is 31.3 Å². The Morgan fingerprint density at radius 3 is 2.29 bits per heavy atom. The molecule has 1 saturated carbocycles. The van der Waals surface area contributed by atoms with Crippen LogP contribution in [0.2, 0.25) is 0 Å². The van der Waals surface area contributed by atoms with Crippen molar-refractivity contribution >= 4 is 29.1 Å². The lowest BCUT2D eigenvalue weighted by molar-refractivity contribution is -0.114. The molecule has 31 heavy (non-hydrogen) atoms. The minimum Gasteiger partial charge on any atom is -0.376 e. The molecule has 1 aliphatic carbocycles. The fourth-order valence-electron chi connectivity index (χ4n) is 3.63. The molecule has 3 N–H and O–H groups in total. The van der Waals surface area contributed by atoms with Crippen molar-refractivity contribution in [3.63, 3.8) is 0 Å². The monoisotopic (exact) mass is 422 g/mol. The van der Waals surface area contributed by atoms with E-state index in [2.05, 4.69) is 16.0 Å². The highest BCUT2D eigenvalue weighted by atomic mass is 16.2. The van der Waals surface area contributed by atoms with Gasteiger partial charge in [0.15, 0.2) is 0 Å². The van der Waals surface area contributed by atoms with Crippen molar-refractivity contribution in [3.05, 3.63) is 59.7 Å². The Balaban J connectivity index is 1.48. The van der Waals surface area contributed by atoms with Crippen molar-refractivity contribution in [2.24, 2.45) is 0 Å². The summed E-state index contributed by atoms with van der Waals surface area (Å²) in [6, 6.07) is 14.2. The van der Waals surface area contributed by atoms with Gasteiger partial charge in [0.05, 0.1) is 6.54 Å². The quantitative estimate of drug-likeness (QED) is 0.637. The highest BCUT2D eigenvalue weighted by molar-refractivity contribution is 5.98. The van der Waals surface area contributed by atoms with Crippen LogP contribution >= 0.6 is 0 Å². The normalized spacial score (nSPS) is 13.9. The van der Waals surface area contributed by atoms with Crippen molar-refractivity contribution in [1.29, 1.82) is 0 Å². The van der Waals surface area contributed by atoms with Crippen molar-refractivity contribution in [3.8, 4) is 0 Å². The first-order valence-corrected chi connectivity index (χ1v) is 10.7. The van der Waals surface area contributed by atoms with Crippen LogP contribution in [0.15, 0.2) is 48.5 Å². The Bertz CT molecular complexity index is 919. The number of anilines is 2. The van der Waals surface area contributed by atoms with Crippen LogP contribution in [0.1, 0.15) is 52.8 Å². The third kappa shape index (κ3) is 6.57. The van der Waals surface area contributed by atoms with Crippen LogP contribution in [0.5, 0.6) is 0 Å². The number of rotatable bonds is 7. The van der Waals surface area contributed by atoms with Gasteiger partial charge >= 0.3 is 0 Å². The second-order valence-corrected chi connectivity index (χ2v) is 8.07. The maximum atomic E-state index is 12.4. The van der Waals surface area contributed by atoms with Crippen LogP contribution in [0.25, 0.3) is 0 Å². The highest BCUT2D eigenvalue weighted by Gasteiger charge is 2.16. The van der Waals surface area contributed by atoms with Gasteiger partial charge < -0.3 is 20.9 Å². The predicted molar refractivity (Wildman–Crippen MR) is 122 cm³/mol. The van der Waals surface area contributed by atoms with E-state index >= 15 is 0 Å². The van der Waals surface area contributed by atoms with Crippen LogP contribution in [0, 0.1) is 0 Å². The minimum absolute atomic E-state index is 0.0525. The Morgan fingerprint density at radius 2 is 1.61 bits per heavy atom. The summed E-state index contributed by atoms with van der Waals surface area (Å²) in [6.07, 6.45) is 5.69. The maximum absolute atomic E-state index is 12.4. The van der Waals surface area contributed by atoms with E-state index in [1.165, 1.54) is 24.2 Å². The van der Waals surface area contributed by atoms with E-state index < -0.39 is 0 Å². The summed E-state index contributed by atoms with van der Waals surface area (Å²) in [6.45, 7) is 0.0689. The molecule has 0 saturated heterocycles. The zero-order valence-electron chi connectivity index (χ0n) is 18.1. The van der Waals surface area contributed by atoms with E-state index in [9.17, 15) is 14.4 Å². The van der Waals surface area contributed by atoms with Gasteiger partial charge in [0, 0.05) is 42.6 Å². The van der Waals surface area contributed by atoms with E-state index in [-0.39, 0.29) is 30.3 Å². The lowest BCUT2D eigenvalue weighted by atomic mass is 9.95. The molecule has 7 nitrogen and oxygen atoms in total. The summed E-state index contributed by atoms with van der Waals surface area (Å²) in [4.78, 5) is 38.2. The largest absolute Gasteiger partial charge is 0.376 e. The number of hydrogen-bond acceptors (Lipinski definition) is 4. The van der Waals surface area contributed by atoms with Crippen molar-refractivity contribution < 1.29 is 14.4 Å². The van der Waals surface area contributed by atoms with Gasteiger partial charge in [-0.25, -0.2) is 0 Å². The number of hydrogen-bond donors (Lipinski definition) is 3. The van der Waals surface area contributed by atoms with Crippen molar-refractivity contribution in [1.82, 2.24) is 10.2 Å². The van der Waals surface area contributed by atoms with Gasteiger partial charge in [0.1, 0.15) is 0 Å². The summed E-state index contributed by atoms with van der Waals surface area (Å²) in [5.41, 5.74) is 2.44.